The predicted molar refractivity (Wildman–Crippen MR) is 79.6 cm³/mol. The number of anilines is 1. The number of hydrogen-bond donors (Lipinski definition) is 2. The molecule has 0 amide bonds. The van der Waals surface area contributed by atoms with E-state index in [0.29, 0.717) is 12.2 Å². The Morgan fingerprint density at radius 3 is 2.40 bits per heavy atom. The van der Waals surface area contributed by atoms with Crippen molar-refractivity contribution in [3.63, 3.8) is 0 Å². The molecule has 0 spiro atoms. The number of hydrogen-bond acceptors (Lipinski definition) is 4. The molecule has 0 aliphatic carbocycles. The summed E-state index contributed by atoms with van der Waals surface area (Å²) >= 11 is 0. The molecule has 2 rings (SSSR count). The Morgan fingerprint density at radius 1 is 1.15 bits per heavy atom. The van der Waals surface area contributed by atoms with Crippen molar-refractivity contribution in [3.05, 3.63) is 59.4 Å². The van der Waals surface area contributed by atoms with Gasteiger partial charge in [-0.2, -0.15) is 0 Å². The molecule has 0 aliphatic heterocycles. The van der Waals surface area contributed by atoms with Crippen LogP contribution in [-0.2, 0) is 22.3 Å². The van der Waals surface area contributed by atoms with E-state index in [2.05, 4.69) is 9.71 Å². The zero-order valence-electron chi connectivity index (χ0n) is 11.2. The lowest BCUT2D eigenvalue weighted by molar-refractivity contribution is 0.600. The molecule has 0 aliphatic rings. The first-order valence-corrected chi connectivity index (χ1v) is 7.84. The maximum Gasteiger partial charge on any atom is 0.236 e. The number of aryl methyl sites for hydroxylation is 1. The quantitative estimate of drug-likeness (QED) is 0.879. The molecule has 0 fully saturated rings. The van der Waals surface area contributed by atoms with Gasteiger partial charge in [0.05, 0.1) is 17.6 Å². The lowest BCUT2D eigenvalue weighted by Crippen LogP contribution is -2.16. The molecular formula is C14H17N3O2S. The molecule has 1 aromatic heterocycles. The Hall–Kier alpha value is -1.92. The number of nitrogens with one attached hydrogen (secondary N) is 1. The van der Waals surface area contributed by atoms with Crippen LogP contribution in [0.15, 0.2) is 42.7 Å². The molecule has 1 aromatic carbocycles. The molecule has 0 unspecified atom stereocenters. The number of nitrogens with zero attached hydrogens (tertiary/aromatic N) is 1. The van der Waals surface area contributed by atoms with Gasteiger partial charge in [-0.05, 0) is 29.7 Å². The maximum atomic E-state index is 12.1. The zero-order chi connectivity index (χ0) is 14.6. The fraction of sp³-hybridized carbons (Fsp3) is 0.214. The van der Waals surface area contributed by atoms with E-state index in [1.165, 1.54) is 6.20 Å². The van der Waals surface area contributed by atoms with Gasteiger partial charge in [-0.1, -0.05) is 24.3 Å². The molecule has 0 atom stereocenters. The molecule has 6 heteroatoms. The minimum atomic E-state index is -3.45. The van der Waals surface area contributed by atoms with Gasteiger partial charge in [0, 0.05) is 12.7 Å². The predicted octanol–water partition coefficient (Wildman–Crippen LogP) is 1.79. The number of sulfonamides is 1. The Morgan fingerprint density at radius 2 is 1.80 bits per heavy atom. The van der Waals surface area contributed by atoms with Gasteiger partial charge in [-0.15, -0.1) is 0 Å². The third-order valence-corrected chi connectivity index (χ3v) is 4.16. The van der Waals surface area contributed by atoms with Crippen molar-refractivity contribution in [2.75, 3.05) is 4.72 Å². The van der Waals surface area contributed by atoms with Gasteiger partial charge < -0.3 is 5.73 Å². The lowest BCUT2D eigenvalue weighted by atomic mass is 10.1. The number of nitrogens with two attached hydrogens (primary N) is 1. The smallest absolute Gasteiger partial charge is 0.236 e. The summed E-state index contributed by atoms with van der Waals surface area (Å²) < 4.78 is 26.8. The molecule has 2 aromatic rings. The average Bonchev–Trinajstić information content (AvgIpc) is 2.41. The second-order valence-electron chi connectivity index (χ2n) is 4.57. The molecule has 0 saturated heterocycles. The van der Waals surface area contributed by atoms with Crippen molar-refractivity contribution in [1.29, 1.82) is 0 Å². The van der Waals surface area contributed by atoms with Crippen LogP contribution in [0.5, 0.6) is 0 Å². The van der Waals surface area contributed by atoms with E-state index in [4.69, 9.17) is 5.73 Å². The van der Waals surface area contributed by atoms with Crippen LogP contribution in [0.1, 0.15) is 16.7 Å². The summed E-state index contributed by atoms with van der Waals surface area (Å²) in [5.74, 6) is -0.0772. The third-order valence-electron chi connectivity index (χ3n) is 2.92. The maximum absolute atomic E-state index is 12.1. The Balaban J connectivity index is 2.13. The van der Waals surface area contributed by atoms with Gasteiger partial charge in [-0.25, -0.2) is 8.42 Å². The minimum absolute atomic E-state index is 0.0772. The van der Waals surface area contributed by atoms with E-state index >= 15 is 0 Å². The zero-order valence-corrected chi connectivity index (χ0v) is 12.0. The standard InChI is InChI=1S/C14H17N3O2S/c1-11-6-7-16-9-14(11)17-20(18,19)10-13-4-2-12(8-15)3-5-13/h2-7,9,17H,8,10,15H2,1H3. The van der Waals surface area contributed by atoms with Gasteiger partial charge in [0.2, 0.25) is 10.0 Å². The van der Waals surface area contributed by atoms with E-state index in [9.17, 15) is 8.42 Å². The largest absolute Gasteiger partial charge is 0.326 e. The molecule has 3 N–H and O–H groups in total. The highest BCUT2D eigenvalue weighted by molar-refractivity contribution is 7.91. The van der Waals surface area contributed by atoms with Gasteiger partial charge >= 0.3 is 0 Å². The Labute approximate surface area is 118 Å². The molecule has 1 heterocycles. The fourth-order valence-electron chi connectivity index (χ4n) is 1.77. The number of pyridine rings is 1. The van der Waals surface area contributed by atoms with Gasteiger partial charge in [0.25, 0.3) is 0 Å². The normalized spacial score (nSPS) is 11.3. The van der Waals surface area contributed by atoms with E-state index in [0.717, 1.165) is 16.7 Å². The summed E-state index contributed by atoms with van der Waals surface area (Å²) in [6, 6.07) is 8.98. The summed E-state index contributed by atoms with van der Waals surface area (Å²) in [5.41, 5.74) is 8.54. The van der Waals surface area contributed by atoms with Crippen LogP contribution < -0.4 is 10.5 Å². The molecule has 5 nitrogen and oxygen atoms in total. The summed E-state index contributed by atoms with van der Waals surface area (Å²) in [6.07, 6.45) is 3.13. The summed E-state index contributed by atoms with van der Waals surface area (Å²) in [4.78, 5) is 3.92. The van der Waals surface area contributed by atoms with Crippen LogP contribution in [-0.4, -0.2) is 13.4 Å². The number of aromatic nitrogens is 1. The van der Waals surface area contributed by atoms with Crippen LogP contribution in [0.4, 0.5) is 5.69 Å². The molecule has 0 bridgehead atoms. The second kappa shape index (κ2) is 6.02. The summed E-state index contributed by atoms with van der Waals surface area (Å²) in [6.45, 7) is 2.27. The van der Waals surface area contributed by atoms with E-state index in [-0.39, 0.29) is 5.75 Å². The fourth-order valence-corrected chi connectivity index (χ4v) is 3.02. The lowest BCUT2D eigenvalue weighted by Gasteiger charge is -2.10. The Bertz CT molecular complexity index is 682. The van der Waals surface area contributed by atoms with Crippen molar-refractivity contribution >= 4 is 15.7 Å². The van der Waals surface area contributed by atoms with E-state index in [1.807, 2.05) is 19.1 Å². The first-order valence-electron chi connectivity index (χ1n) is 6.19. The highest BCUT2D eigenvalue weighted by Crippen LogP contribution is 2.16. The summed E-state index contributed by atoms with van der Waals surface area (Å²) in [5, 5.41) is 0. The first-order chi connectivity index (χ1) is 9.50. The van der Waals surface area contributed by atoms with Crippen LogP contribution in [0, 0.1) is 6.92 Å². The number of rotatable bonds is 5. The van der Waals surface area contributed by atoms with Crippen molar-refractivity contribution < 1.29 is 8.42 Å². The minimum Gasteiger partial charge on any atom is -0.326 e. The van der Waals surface area contributed by atoms with Gasteiger partial charge in [0.15, 0.2) is 0 Å². The molecule has 106 valence electrons. The second-order valence-corrected chi connectivity index (χ2v) is 6.29. The van der Waals surface area contributed by atoms with Crippen molar-refractivity contribution in [2.24, 2.45) is 5.73 Å². The molecule has 0 radical (unpaired) electrons. The van der Waals surface area contributed by atoms with Crippen molar-refractivity contribution in [1.82, 2.24) is 4.98 Å². The topological polar surface area (TPSA) is 85.1 Å². The van der Waals surface area contributed by atoms with E-state index in [1.54, 1.807) is 24.4 Å². The molecule has 0 saturated carbocycles. The van der Waals surface area contributed by atoms with Crippen LogP contribution in [0.3, 0.4) is 0 Å². The van der Waals surface area contributed by atoms with Gasteiger partial charge in [-0.3, -0.25) is 9.71 Å². The molecule has 20 heavy (non-hydrogen) atoms. The van der Waals surface area contributed by atoms with E-state index < -0.39 is 10.0 Å². The van der Waals surface area contributed by atoms with Crippen LogP contribution in [0.2, 0.25) is 0 Å². The summed E-state index contributed by atoms with van der Waals surface area (Å²) in [7, 11) is -3.45. The Kier molecular flexibility index (Phi) is 4.36. The number of benzene rings is 1. The average molecular weight is 291 g/mol. The molecular weight excluding hydrogens is 274 g/mol. The highest BCUT2D eigenvalue weighted by atomic mass is 32.2. The monoisotopic (exact) mass is 291 g/mol. The van der Waals surface area contributed by atoms with Crippen LogP contribution in [0.25, 0.3) is 0 Å². The first kappa shape index (κ1) is 14.5. The van der Waals surface area contributed by atoms with Crippen LogP contribution >= 0.6 is 0 Å². The SMILES string of the molecule is Cc1ccncc1NS(=O)(=O)Cc1ccc(CN)cc1. The third kappa shape index (κ3) is 3.79. The highest BCUT2D eigenvalue weighted by Gasteiger charge is 2.13. The van der Waals surface area contributed by atoms with Crippen molar-refractivity contribution in [3.8, 4) is 0 Å². The van der Waals surface area contributed by atoms with Crippen molar-refractivity contribution in [2.45, 2.75) is 19.2 Å². The van der Waals surface area contributed by atoms with Gasteiger partial charge in [0.1, 0.15) is 0 Å².